The summed E-state index contributed by atoms with van der Waals surface area (Å²) in [5, 5.41) is 28.4. The highest BCUT2D eigenvalue weighted by Gasteiger charge is 2.11. The SMILES string of the molecule is CCC(=O)O.[O]c1ccccc1[N+](=O)[O-]. The number of rotatable bonds is 2. The van der Waals surface area contributed by atoms with Crippen LogP contribution in [0.25, 0.3) is 0 Å². The number of carbonyl (C=O) groups is 1. The third-order valence-electron chi connectivity index (χ3n) is 1.36. The average Bonchev–Trinajstić information content (AvgIpc) is 2.19. The van der Waals surface area contributed by atoms with E-state index in [4.69, 9.17) is 5.11 Å². The Balaban J connectivity index is 0.000000336. The van der Waals surface area contributed by atoms with Crippen LogP contribution in [0.2, 0.25) is 0 Å². The molecule has 0 unspecified atom stereocenters. The first kappa shape index (κ1) is 12.9. The number of hydrogen-bond donors (Lipinski definition) is 1. The average molecular weight is 212 g/mol. The lowest BCUT2D eigenvalue weighted by Crippen LogP contribution is -1.86. The van der Waals surface area contributed by atoms with Crippen LogP contribution in [0.1, 0.15) is 13.3 Å². The molecule has 0 fully saturated rings. The molecule has 0 bridgehead atoms. The fourth-order valence-corrected chi connectivity index (χ4v) is 0.608. The molecule has 0 atom stereocenters. The van der Waals surface area contributed by atoms with E-state index in [-0.39, 0.29) is 12.1 Å². The van der Waals surface area contributed by atoms with Crippen molar-refractivity contribution >= 4 is 11.7 Å². The van der Waals surface area contributed by atoms with Gasteiger partial charge in [-0.2, -0.15) is 0 Å². The van der Waals surface area contributed by atoms with Crippen LogP contribution in [0.3, 0.4) is 0 Å². The molecule has 6 nitrogen and oxygen atoms in total. The minimum Gasteiger partial charge on any atom is -0.481 e. The second-order valence-electron chi connectivity index (χ2n) is 2.47. The molecule has 0 spiro atoms. The molecule has 81 valence electrons. The smallest absolute Gasteiger partial charge is 0.316 e. The third-order valence-corrected chi connectivity index (χ3v) is 1.36. The van der Waals surface area contributed by atoms with E-state index in [1.807, 2.05) is 0 Å². The predicted molar refractivity (Wildman–Crippen MR) is 51.2 cm³/mol. The summed E-state index contributed by atoms with van der Waals surface area (Å²) in [6, 6.07) is 5.27. The number of carboxylic acids is 1. The molecular formula is C9H10NO5. The van der Waals surface area contributed by atoms with Crippen LogP contribution in [0.4, 0.5) is 5.69 Å². The molecule has 0 saturated carbocycles. The molecule has 1 rings (SSSR count). The van der Waals surface area contributed by atoms with Gasteiger partial charge in [0.25, 0.3) is 5.75 Å². The second-order valence-corrected chi connectivity index (χ2v) is 2.47. The van der Waals surface area contributed by atoms with Gasteiger partial charge in [-0.25, -0.2) is 0 Å². The quantitative estimate of drug-likeness (QED) is 0.599. The van der Waals surface area contributed by atoms with Gasteiger partial charge in [0, 0.05) is 12.5 Å². The molecule has 15 heavy (non-hydrogen) atoms. The van der Waals surface area contributed by atoms with E-state index in [2.05, 4.69) is 0 Å². The number of aliphatic carboxylic acids is 1. The summed E-state index contributed by atoms with van der Waals surface area (Å²) in [7, 11) is 0. The molecule has 1 aromatic rings. The third kappa shape index (κ3) is 5.25. The topological polar surface area (TPSA) is 100 Å². The first-order valence-electron chi connectivity index (χ1n) is 4.11. The molecule has 0 aliphatic rings. The summed E-state index contributed by atoms with van der Waals surface area (Å²) >= 11 is 0. The highest BCUT2D eigenvalue weighted by atomic mass is 16.6. The largest absolute Gasteiger partial charge is 0.481 e. The number of nitrogens with zero attached hydrogens (tertiary/aromatic N) is 1. The van der Waals surface area contributed by atoms with E-state index < -0.39 is 16.6 Å². The Morgan fingerprint density at radius 2 is 1.93 bits per heavy atom. The fourth-order valence-electron chi connectivity index (χ4n) is 0.608. The predicted octanol–water partition coefficient (Wildman–Crippen LogP) is 2.22. The molecule has 1 radical (unpaired) electrons. The van der Waals surface area contributed by atoms with Crippen molar-refractivity contribution < 1.29 is 19.9 Å². The molecule has 0 aromatic heterocycles. The second kappa shape index (κ2) is 6.36. The van der Waals surface area contributed by atoms with Gasteiger partial charge in [-0.15, -0.1) is 0 Å². The van der Waals surface area contributed by atoms with Crippen molar-refractivity contribution in [3.63, 3.8) is 0 Å². The molecular weight excluding hydrogens is 202 g/mol. The van der Waals surface area contributed by atoms with Gasteiger partial charge in [-0.3, -0.25) is 20.0 Å². The Morgan fingerprint density at radius 3 is 2.20 bits per heavy atom. The maximum absolute atomic E-state index is 10.6. The van der Waals surface area contributed by atoms with E-state index in [0.717, 1.165) is 6.07 Å². The summed E-state index contributed by atoms with van der Waals surface area (Å²) in [6.07, 6.45) is 0.222. The van der Waals surface area contributed by atoms with Gasteiger partial charge in [-0.1, -0.05) is 19.1 Å². The van der Waals surface area contributed by atoms with Crippen molar-refractivity contribution in [2.75, 3.05) is 0 Å². The number of carboxylic acid groups (broad SMARTS) is 1. The molecule has 0 amide bonds. The van der Waals surface area contributed by atoms with Gasteiger partial charge >= 0.3 is 11.7 Å². The van der Waals surface area contributed by atoms with Gasteiger partial charge in [0.15, 0.2) is 0 Å². The lowest BCUT2D eigenvalue weighted by Gasteiger charge is -1.88. The van der Waals surface area contributed by atoms with Crippen molar-refractivity contribution in [3.8, 4) is 5.75 Å². The molecule has 0 aliphatic carbocycles. The number of benzene rings is 1. The van der Waals surface area contributed by atoms with Gasteiger partial charge in [-0.05, 0) is 6.07 Å². The fraction of sp³-hybridized carbons (Fsp3) is 0.222. The van der Waals surface area contributed by atoms with Crippen LogP contribution in [0.15, 0.2) is 24.3 Å². The van der Waals surface area contributed by atoms with Crippen molar-refractivity contribution in [2.24, 2.45) is 0 Å². The first-order chi connectivity index (χ1) is 6.99. The molecule has 0 heterocycles. The molecule has 6 heteroatoms. The maximum Gasteiger partial charge on any atom is 0.316 e. The van der Waals surface area contributed by atoms with E-state index >= 15 is 0 Å². The van der Waals surface area contributed by atoms with Crippen LogP contribution in [0, 0.1) is 10.1 Å². The molecule has 0 aliphatic heterocycles. The van der Waals surface area contributed by atoms with Crippen LogP contribution in [-0.2, 0) is 9.90 Å². The van der Waals surface area contributed by atoms with Crippen molar-refractivity contribution in [1.29, 1.82) is 0 Å². The number of nitro benzene ring substituents is 1. The summed E-state index contributed by atoms with van der Waals surface area (Å²) in [5.74, 6) is -1.29. The summed E-state index contributed by atoms with van der Waals surface area (Å²) in [5.41, 5.74) is -0.373. The Labute approximate surface area is 85.9 Å². The Morgan fingerprint density at radius 1 is 1.47 bits per heavy atom. The van der Waals surface area contributed by atoms with E-state index in [9.17, 15) is 20.0 Å². The lowest BCUT2D eigenvalue weighted by atomic mass is 10.3. The normalized spacial score (nSPS) is 8.60. The minimum atomic E-state index is -0.745. The molecule has 1 aromatic carbocycles. The summed E-state index contributed by atoms with van der Waals surface area (Å²) in [6.45, 7) is 1.60. The zero-order valence-electron chi connectivity index (χ0n) is 8.04. The van der Waals surface area contributed by atoms with E-state index in [1.54, 1.807) is 6.92 Å². The summed E-state index contributed by atoms with van der Waals surface area (Å²) < 4.78 is 0. The molecule has 0 saturated heterocycles. The first-order valence-corrected chi connectivity index (χ1v) is 4.11. The lowest BCUT2D eigenvalue weighted by molar-refractivity contribution is -0.386. The zero-order chi connectivity index (χ0) is 11.8. The number of para-hydroxylation sites is 2. The Bertz CT molecular complexity index is 350. The van der Waals surface area contributed by atoms with Gasteiger partial charge in [0.1, 0.15) is 0 Å². The van der Waals surface area contributed by atoms with Crippen molar-refractivity contribution in [1.82, 2.24) is 0 Å². The monoisotopic (exact) mass is 212 g/mol. The Hall–Kier alpha value is -2.11. The highest BCUT2D eigenvalue weighted by Crippen LogP contribution is 2.23. The van der Waals surface area contributed by atoms with Crippen molar-refractivity contribution in [3.05, 3.63) is 34.4 Å². The molecule has 1 N–H and O–H groups in total. The van der Waals surface area contributed by atoms with Crippen LogP contribution < -0.4 is 0 Å². The summed E-state index contributed by atoms with van der Waals surface area (Å²) in [4.78, 5) is 18.7. The van der Waals surface area contributed by atoms with Crippen LogP contribution >= 0.6 is 0 Å². The maximum atomic E-state index is 10.6. The Kier molecular flexibility index (Phi) is 5.47. The zero-order valence-corrected chi connectivity index (χ0v) is 8.04. The van der Waals surface area contributed by atoms with E-state index in [1.165, 1.54) is 18.2 Å². The van der Waals surface area contributed by atoms with E-state index in [0.29, 0.717) is 0 Å². The number of nitro groups is 1. The minimum absolute atomic E-state index is 0.222. The van der Waals surface area contributed by atoms with Crippen LogP contribution in [0.5, 0.6) is 5.75 Å². The number of hydrogen-bond acceptors (Lipinski definition) is 3. The standard InChI is InChI=1S/C6H4NO3.C3H6O2/c8-6-4-2-1-3-5(6)7(9)10;1-2-3(4)5/h1-4H;2H2,1H3,(H,4,5). The van der Waals surface area contributed by atoms with Crippen LogP contribution in [-0.4, -0.2) is 16.0 Å². The highest BCUT2D eigenvalue weighted by molar-refractivity contribution is 5.66. The van der Waals surface area contributed by atoms with Gasteiger partial charge in [0.05, 0.1) is 4.92 Å². The van der Waals surface area contributed by atoms with Gasteiger partial charge in [0.2, 0.25) is 0 Å². The van der Waals surface area contributed by atoms with Gasteiger partial charge < -0.3 is 5.11 Å². The van der Waals surface area contributed by atoms with Crippen molar-refractivity contribution in [2.45, 2.75) is 13.3 Å².